The summed E-state index contributed by atoms with van der Waals surface area (Å²) in [5.74, 6) is -2.65. The van der Waals surface area contributed by atoms with Gasteiger partial charge in [-0.05, 0) is 31.4 Å². The number of amides is 2. The topological polar surface area (TPSA) is 181 Å². The molecular formula is C26H31N5O8S3. The zero-order chi connectivity index (χ0) is 30.7. The fourth-order valence-electron chi connectivity index (χ4n) is 4.41. The van der Waals surface area contributed by atoms with Gasteiger partial charge in [-0.2, -0.15) is 3.71 Å². The van der Waals surface area contributed by atoms with Crippen LogP contribution in [0.3, 0.4) is 0 Å². The number of carbonyl (C=O) groups excluding carboxylic acids is 5. The van der Waals surface area contributed by atoms with Gasteiger partial charge in [-0.25, -0.2) is 4.79 Å². The summed E-state index contributed by atoms with van der Waals surface area (Å²) >= 11 is 4.25. The highest BCUT2D eigenvalue weighted by Gasteiger charge is 2.55. The van der Waals surface area contributed by atoms with Gasteiger partial charge in [0.25, 0.3) is 11.8 Å². The number of thioether (sulfide) groups is 1. The number of rotatable bonds is 11. The second kappa shape index (κ2) is 13.6. The molecule has 3 unspecified atom stereocenters. The number of ketones is 1. The number of hydrogen-bond acceptors (Lipinski definition) is 14. The Hall–Kier alpha value is -2.89. The average Bonchev–Trinajstić information content (AvgIpc) is 3.37. The molecule has 4 N–H and O–H groups in total. The van der Waals surface area contributed by atoms with Crippen LogP contribution in [0.4, 0.5) is 0 Å². The molecule has 1 saturated heterocycles. The first-order chi connectivity index (χ1) is 19.9. The van der Waals surface area contributed by atoms with Crippen LogP contribution in [-0.2, 0) is 28.7 Å². The Kier molecular flexibility index (Phi) is 10.4. The van der Waals surface area contributed by atoms with Crippen molar-refractivity contribution in [1.29, 1.82) is 0 Å². The van der Waals surface area contributed by atoms with E-state index in [-0.39, 0.29) is 16.8 Å². The highest BCUT2D eigenvalue weighted by molar-refractivity contribution is 8.20. The molecule has 13 nitrogen and oxygen atoms in total. The van der Waals surface area contributed by atoms with Crippen molar-refractivity contribution in [2.45, 2.75) is 57.5 Å². The number of aliphatic imine (C=N–C) groups is 1. The second-order valence-electron chi connectivity index (χ2n) is 9.59. The van der Waals surface area contributed by atoms with Crippen LogP contribution in [0, 0.1) is 0 Å². The standard InChI is InChI=1S/C26H31N5O8S3/c1-12(27)21(33)17-7-5-6-8-18(17)22(34)23(35)29-19-24(36)31-20(26(37)39-15(4)38-14(3)32)16(9-40-25(19)31)10-41-30-11-28-13(2)42-30/h5-8,12,15,19,22,25,34H,9-11,27H2,1-4H3,(H,29,35)/t12-,15?,19?,22?,25-/m0/s1. The predicted molar refractivity (Wildman–Crippen MR) is 159 cm³/mol. The summed E-state index contributed by atoms with van der Waals surface area (Å²) < 4.78 is 12.2. The normalized spacial score (nSPS) is 22.4. The molecule has 2 amide bonds. The Bertz CT molecular complexity index is 1350. The summed E-state index contributed by atoms with van der Waals surface area (Å²) in [6.07, 6.45) is -2.92. The van der Waals surface area contributed by atoms with E-state index < -0.39 is 59.4 Å². The average molecular weight is 638 g/mol. The van der Waals surface area contributed by atoms with Crippen LogP contribution >= 0.6 is 35.7 Å². The molecule has 0 aliphatic carbocycles. The fraction of sp³-hybridized carbons (Fsp3) is 0.462. The number of aliphatic hydroxyl groups excluding tert-OH is 1. The van der Waals surface area contributed by atoms with Crippen LogP contribution in [0.2, 0.25) is 0 Å². The van der Waals surface area contributed by atoms with E-state index in [1.54, 1.807) is 12.1 Å². The fourth-order valence-corrected chi connectivity index (χ4v) is 7.78. The number of β-lactam (4-membered cyclic amide) rings is 1. The third kappa shape index (κ3) is 7.01. The molecule has 42 heavy (non-hydrogen) atoms. The number of esters is 2. The number of Topliss-reactive ketones (excluding diaryl/α,β-unsaturated/α-hetero) is 1. The summed E-state index contributed by atoms with van der Waals surface area (Å²) in [5.41, 5.74) is 6.55. The summed E-state index contributed by atoms with van der Waals surface area (Å²) in [6.45, 7) is 6.45. The second-order valence-corrected chi connectivity index (χ2v) is 13.1. The van der Waals surface area contributed by atoms with Crippen LogP contribution < -0.4 is 11.1 Å². The maximum absolute atomic E-state index is 13.4. The molecule has 3 aliphatic rings. The molecule has 226 valence electrons. The molecular weight excluding hydrogens is 607 g/mol. The predicted octanol–water partition coefficient (Wildman–Crippen LogP) is 1.34. The molecule has 3 aliphatic heterocycles. The number of nitrogens with two attached hydrogens (primary N) is 1. The van der Waals surface area contributed by atoms with Gasteiger partial charge in [-0.1, -0.05) is 36.2 Å². The van der Waals surface area contributed by atoms with Gasteiger partial charge in [0.2, 0.25) is 6.29 Å². The lowest BCUT2D eigenvalue weighted by atomic mass is 9.95. The highest BCUT2D eigenvalue weighted by atomic mass is 32.2. The Balaban J connectivity index is 1.51. The van der Waals surface area contributed by atoms with Crippen molar-refractivity contribution in [2.24, 2.45) is 10.7 Å². The minimum Gasteiger partial charge on any atom is -0.426 e. The third-order valence-corrected chi connectivity index (χ3v) is 9.82. The van der Waals surface area contributed by atoms with Crippen molar-refractivity contribution in [3.63, 3.8) is 0 Å². The minimum absolute atomic E-state index is 0.0241. The maximum Gasteiger partial charge on any atom is 0.358 e. The Morgan fingerprint density at radius 2 is 1.95 bits per heavy atom. The molecule has 16 heteroatoms. The lowest BCUT2D eigenvalue weighted by Crippen LogP contribution is -2.71. The van der Waals surface area contributed by atoms with Crippen LogP contribution in [0.25, 0.3) is 0 Å². The molecule has 1 aromatic carbocycles. The van der Waals surface area contributed by atoms with Crippen molar-refractivity contribution in [3.05, 3.63) is 46.7 Å². The summed E-state index contributed by atoms with van der Waals surface area (Å²) in [7, 11) is 0. The van der Waals surface area contributed by atoms with E-state index in [1.807, 2.05) is 10.6 Å². The highest BCUT2D eigenvalue weighted by Crippen LogP contribution is 2.42. The van der Waals surface area contributed by atoms with Crippen molar-refractivity contribution in [2.75, 3.05) is 18.2 Å². The molecule has 0 bridgehead atoms. The molecule has 5 atom stereocenters. The van der Waals surface area contributed by atoms with E-state index in [0.717, 1.165) is 5.04 Å². The number of nitrogens with zero attached hydrogens (tertiary/aromatic N) is 3. The van der Waals surface area contributed by atoms with Crippen molar-refractivity contribution in [3.8, 4) is 0 Å². The molecule has 0 spiro atoms. The lowest BCUT2D eigenvalue weighted by molar-refractivity contribution is -0.182. The number of fused-ring (bicyclic) bond motifs is 1. The number of aliphatic hydroxyl groups is 1. The van der Waals surface area contributed by atoms with Gasteiger partial charge >= 0.3 is 11.9 Å². The number of carbonyl (C=O) groups is 5. The number of nitrogens with one attached hydrogen (secondary N) is 1. The van der Waals surface area contributed by atoms with E-state index in [9.17, 15) is 29.1 Å². The van der Waals surface area contributed by atoms with Crippen molar-refractivity contribution < 1.29 is 38.6 Å². The first kappa shape index (κ1) is 32.0. The zero-order valence-electron chi connectivity index (χ0n) is 23.3. The lowest BCUT2D eigenvalue weighted by Gasteiger charge is -2.50. The molecule has 1 fully saturated rings. The quantitative estimate of drug-likeness (QED) is 0.104. The van der Waals surface area contributed by atoms with E-state index in [2.05, 4.69) is 10.3 Å². The van der Waals surface area contributed by atoms with Crippen molar-refractivity contribution in [1.82, 2.24) is 13.9 Å². The minimum atomic E-state index is -1.74. The monoisotopic (exact) mass is 637 g/mol. The van der Waals surface area contributed by atoms with Gasteiger partial charge < -0.3 is 25.6 Å². The van der Waals surface area contributed by atoms with Crippen LogP contribution in [0.15, 0.2) is 40.5 Å². The van der Waals surface area contributed by atoms with Gasteiger partial charge in [0.05, 0.1) is 11.1 Å². The van der Waals surface area contributed by atoms with Crippen LogP contribution in [0.5, 0.6) is 0 Å². The number of hydrogen-bond donors (Lipinski definition) is 3. The molecule has 4 rings (SSSR count). The third-order valence-electron chi connectivity index (χ3n) is 6.35. The van der Waals surface area contributed by atoms with Gasteiger partial charge in [0.15, 0.2) is 11.9 Å². The summed E-state index contributed by atoms with van der Waals surface area (Å²) in [6, 6.07) is 4.20. The smallest absolute Gasteiger partial charge is 0.358 e. The Morgan fingerprint density at radius 3 is 2.60 bits per heavy atom. The summed E-state index contributed by atoms with van der Waals surface area (Å²) in [5, 5.41) is 13.6. The van der Waals surface area contributed by atoms with Crippen LogP contribution in [0.1, 0.15) is 49.7 Å². The SMILES string of the molecule is CC(=O)OC(C)OC(=O)C1=C(CSN2CN=C(C)S2)CS[C@H]2C(NC(=O)C(O)c3ccccc3C(=O)[C@H](C)N)C(=O)N12. The zero-order valence-corrected chi connectivity index (χ0v) is 25.7. The molecule has 1 aromatic rings. The Morgan fingerprint density at radius 1 is 1.24 bits per heavy atom. The van der Waals surface area contributed by atoms with Gasteiger partial charge in [0.1, 0.15) is 23.8 Å². The van der Waals surface area contributed by atoms with E-state index in [4.69, 9.17) is 15.2 Å². The van der Waals surface area contributed by atoms with E-state index in [1.165, 1.54) is 73.5 Å². The van der Waals surface area contributed by atoms with E-state index >= 15 is 0 Å². The number of benzene rings is 1. The molecule has 0 radical (unpaired) electrons. The van der Waals surface area contributed by atoms with Gasteiger partial charge in [0, 0.05) is 36.5 Å². The first-order valence-electron chi connectivity index (χ1n) is 12.9. The maximum atomic E-state index is 13.4. The molecule has 0 saturated carbocycles. The van der Waals surface area contributed by atoms with Crippen LogP contribution in [-0.4, -0.2) is 90.2 Å². The summed E-state index contributed by atoms with van der Waals surface area (Å²) in [4.78, 5) is 69.1. The number of ether oxygens (including phenoxy) is 2. The van der Waals surface area contributed by atoms with E-state index in [0.29, 0.717) is 23.7 Å². The van der Waals surface area contributed by atoms with Gasteiger partial charge in [-0.3, -0.25) is 29.1 Å². The van der Waals surface area contributed by atoms with Crippen molar-refractivity contribution >= 4 is 70.2 Å². The molecule has 0 aromatic heterocycles. The Labute approximate surface area is 255 Å². The largest absolute Gasteiger partial charge is 0.426 e. The molecule has 3 heterocycles. The van der Waals surface area contributed by atoms with Gasteiger partial charge in [-0.15, -0.1) is 11.8 Å². The first-order valence-corrected chi connectivity index (χ1v) is 15.7.